The van der Waals surface area contributed by atoms with Gasteiger partial charge in [0.1, 0.15) is 0 Å². The first-order valence-electron chi connectivity index (χ1n) is 4.86. The maximum absolute atomic E-state index is 11.0. The van der Waals surface area contributed by atoms with Crippen LogP contribution < -0.4 is 0 Å². The second-order valence-corrected chi connectivity index (χ2v) is 3.84. The number of carboxylic acid groups (broad SMARTS) is 2. The Kier molecular flexibility index (Phi) is 9.22. The minimum Gasteiger partial charge on any atom is -1.00 e. The Labute approximate surface area is 133 Å². The summed E-state index contributed by atoms with van der Waals surface area (Å²) in [5.74, 6) is -2.86. The molecule has 0 saturated heterocycles. The maximum Gasteiger partial charge on any atom is 2.00 e. The molecule has 86 valence electrons. The molecule has 0 aromatic heterocycles. The molecule has 0 radical (unpaired) electrons. The molecule has 2 N–H and O–H groups in total. The van der Waals surface area contributed by atoms with E-state index < -0.39 is 23.3 Å². The van der Waals surface area contributed by atoms with E-state index in [0.29, 0.717) is 6.42 Å². The van der Waals surface area contributed by atoms with Crippen LogP contribution in [0.15, 0.2) is 0 Å². The summed E-state index contributed by atoms with van der Waals surface area (Å²) in [5, 5.41) is 18.0. The van der Waals surface area contributed by atoms with Gasteiger partial charge in [0.25, 0.3) is 0 Å². The smallest absolute Gasteiger partial charge is 1.00 e. The molecule has 0 aromatic rings. The number of carboxylic acids is 2. The summed E-state index contributed by atoms with van der Waals surface area (Å²) in [7, 11) is 0. The van der Waals surface area contributed by atoms with Crippen molar-refractivity contribution in [2.45, 2.75) is 40.0 Å². The molecule has 15 heavy (non-hydrogen) atoms. The van der Waals surface area contributed by atoms with E-state index in [1.54, 1.807) is 13.8 Å². The third kappa shape index (κ3) is 4.11. The summed E-state index contributed by atoms with van der Waals surface area (Å²) in [6.07, 6.45) is 1.62. The van der Waals surface area contributed by atoms with E-state index in [1.807, 2.05) is 6.92 Å². The summed E-state index contributed by atoms with van der Waals surface area (Å²) in [6, 6.07) is 0. The van der Waals surface area contributed by atoms with Gasteiger partial charge in [0.2, 0.25) is 0 Å². The van der Waals surface area contributed by atoms with Gasteiger partial charge in [-0.2, -0.15) is 0 Å². The van der Waals surface area contributed by atoms with E-state index in [4.69, 9.17) is 10.2 Å². The van der Waals surface area contributed by atoms with Gasteiger partial charge in [-0.05, 0) is 12.3 Å². The molecule has 0 rings (SSSR count). The van der Waals surface area contributed by atoms with Crippen molar-refractivity contribution >= 4 is 60.8 Å². The Hall–Kier alpha value is 0.511. The summed E-state index contributed by atoms with van der Waals surface area (Å²) in [4.78, 5) is 22.1. The van der Waals surface area contributed by atoms with E-state index >= 15 is 0 Å². The minimum atomic E-state index is -1.62. The number of hydrogen-bond donors (Lipinski definition) is 2. The molecule has 0 heterocycles. The van der Waals surface area contributed by atoms with Gasteiger partial charge in [-0.1, -0.05) is 33.6 Å². The van der Waals surface area contributed by atoms with Crippen LogP contribution in [0.2, 0.25) is 0 Å². The average Bonchev–Trinajstić information content (AvgIpc) is 2.03. The standard InChI is InChI=1S/C10H18O4.Ba.2H/c1-4-5-6-10(7(2)3,8(11)12)9(13)14;;;/h7H,4-6H2,1-3H3,(H,11,12)(H,13,14);;;/q;+2;2*-1. The first-order valence-corrected chi connectivity index (χ1v) is 4.86. The van der Waals surface area contributed by atoms with Gasteiger partial charge in [-0.25, -0.2) is 0 Å². The molecule has 5 heteroatoms. The Morgan fingerprint density at radius 3 is 1.87 bits per heavy atom. The van der Waals surface area contributed by atoms with E-state index in [2.05, 4.69) is 0 Å². The molecule has 0 spiro atoms. The molecule has 0 atom stereocenters. The molecular formula is C10H20BaO4. The number of hydrogen-bond acceptors (Lipinski definition) is 2. The van der Waals surface area contributed by atoms with Gasteiger partial charge < -0.3 is 13.1 Å². The van der Waals surface area contributed by atoms with Gasteiger partial charge in [-0.15, -0.1) is 0 Å². The average molecular weight is 342 g/mol. The molecule has 4 nitrogen and oxygen atoms in total. The van der Waals surface area contributed by atoms with Crippen LogP contribution in [0.3, 0.4) is 0 Å². The second kappa shape index (κ2) is 7.73. The van der Waals surface area contributed by atoms with Crippen LogP contribution in [0.1, 0.15) is 42.9 Å². The van der Waals surface area contributed by atoms with E-state index in [-0.39, 0.29) is 58.2 Å². The van der Waals surface area contributed by atoms with Crippen LogP contribution in [0, 0.1) is 11.3 Å². The molecule has 0 aromatic carbocycles. The number of aliphatic carboxylic acids is 2. The fourth-order valence-electron chi connectivity index (χ4n) is 1.54. The quantitative estimate of drug-likeness (QED) is 0.571. The number of unbranched alkanes of at least 4 members (excludes halogenated alkanes) is 1. The van der Waals surface area contributed by atoms with Crippen molar-refractivity contribution in [2.75, 3.05) is 0 Å². The minimum absolute atomic E-state index is 0. The van der Waals surface area contributed by atoms with Crippen molar-refractivity contribution < 1.29 is 22.7 Å². The van der Waals surface area contributed by atoms with Crippen LogP contribution in [-0.2, 0) is 9.59 Å². The zero-order chi connectivity index (χ0) is 11.4. The topological polar surface area (TPSA) is 74.6 Å². The molecule has 0 unspecified atom stereocenters. The van der Waals surface area contributed by atoms with Crippen LogP contribution in [-0.4, -0.2) is 71.0 Å². The normalized spacial score (nSPS) is 10.9. The van der Waals surface area contributed by atoms with Crippen molar-refractivity contribution in [3.63, 3.8) is 0 Å². The molecule has 0 amide bonds. The second-order valence-electron chi connectivity index (χ2n) is 3.84. The van der Waals surface area contributed by atoms with Gasteiger partial charge in [0, 0.05) is 0 Å². The third-order valence-corrected chi connectivity index (χ3v) is 2.67. The van der Waals surface area contributed by atoms with Crippen molar-refractivity contribution in [1.82, 2.24) is 0 Å². The number of rotatable bonds is 6. The Morgan fingerprint density at radius 2 is 1.67 bits per heavy atom. The van der Waals surface area contributed by atoms with Gasteiger partial charge in [-0.3, -0.25) is 9.59 Å². The first-order chi connectivity index (χ1) is 6.39. The van der Waals surface area contributed by atoms with Gasteiger partial charge in [0.05, 0.1) is 0 Å². The Morgan fingerprint density at radius 1 is 1.27 bits per heavy atom. The first kappa shape index (κ1) is 17.9. The summed E-state index contributed by atoms with van der Waals surface area (Å²) in [6.45, 7) is 5.19. The van der Waals surface area contributed by atoms with E-state index in [0.717, 1.165) is 6.42 Å². The SMILES string of the molecule is CCCCC(C(=O)O)(C(=O)O)C(C)C.[Ba+2].[H-].[H-]. The molecule has 0 saturated carbocycles. The fraction of sp³-hybridized carbons (Fsp3) is 0.800. The molecule has 0 fully saturated rings. The zero-order valence-electron chi connectivity index (χ0n) is 11.6. The molecular weight excluding hydrogens is 321 g/mol. The number of carbonyl (C=O) groups is 2. The van der Waals surface area contributed by atoms with Gasteiger partial charge in [0.15, 0.2) is 5.41 Å². The van der Waals surface area contributed by atoms with E-state index in [1.165, 1.54) is 0 Å². The third-order valence-electron chi connectivity index (χ3n) is 2.67. The maximum atomic E-state index is 11.0. The molecule has 0 aliphatic rings. The largest absolute Gasteiger partial charge is 2.00 e. The molecule has 0 aliphatic heterocycles. The van der Waals surface area contributed by atoms with E-state index in [9.17, 15) is 9.59 Å². The Bertz CT molecular complexity index is 220. The summed E-state index contributed by atoms with van der Waals surface area (Å²) in [5.41, 5.74) is -1.62. The Balaban J connectivity index is -0.000000282. The van der Waals surface area contributed by atoms with Crippen molar-refractivity contribution in [2.24, 2.45) is 11.3 Å². The van der Waals surface area contributed by atoms with Crippen LogP contribution >= 0.6 is 0 Å². The molecule has 0 aliphatic carbocycles. The summed E-state index contributed by atoms with van der Waals surface area (Å²) >= 11 is 0. The molecule has 0 bridgehead atoms. The zero-order valence-corrected chi connectivity index (χ0v) is 14.1. The van der Waals surface area contributed by atoms with Crippen molar-refractivity contribution in [3.8, 4) is 0 Å². The predicted octanol–water partition coefficient (Wildman–Crippen LogP) is 1.83. The monoisotopic (exact) mass is 342 g/mol. The predicted molar refractivity (Wildman–Crippen MR) is 60.0 cm³/mol. The van der Waals surface area contributed by atoms with Crippen LogP contribution in [0.25, 0.3) is 0 Å². The van der Waals surface area contributed by atoms with Crippen molar-refractivity contribution in [3.05, 3.63) is 0 Å². The van der Waals surface area contributed by atoms with Crippen LogP contribution in [0.5, 0.6) is 0 Å². The van der Waals surface area contributed by atoms with Crippen LogP contribution in [0.4, 0.5) is 0 Å². The van der Waals surface area contributed by atoms with Gasteiger partial charge >= 0.3 is 60.8 Å². The van der Waals surface area contributed by atoms with Crippen molar-refractivity contribution in [1.29, 1.82) is 0 Å². The summed E-state index contributed by atoms with van der Waals surface area (Å²) < 4.78 is 0. The fourth-order valence-corrected chi connectivity index (χ4v) is 1.54.